The van der Waals surface area contributed by atoms with E-state index in [1.54, 1.807) is 12.1 Å². The third-order valence-electron chi connectivity index (χ3n) is 4.27. The van der Waals surface area contributed by atoms with Crippen molar-refractivity contribution in [1.82, 2.24) is 5.32 Å². The van der Waals surface area contributed by atoms with Crippen LogP contribution in [-0.2, 0) is 14.6 Å². The highest BCUT2D eigenvalue weighted by Crippen LogP contribution is 2.37. The third-order valence-corrected chi connectivity index (χ3v) is 5.38. The van der Waals surface area contributed by atoms with Gasteiger partial charge in [-0.15, -0.1) is 0 Å². The molecule has 0 spiro atoms. The van der Waals surface area contributed by atoms with Crippen LogP contribution in [-0.4, -0.2) is 45.4 Å². The SMILES string of the molecule is CS(=O)(=O)c1cccc(C(=O)NC2C(N)C3CCOC32)c1. The van der Waals surface area contributed by atoms with Crippen molar-refractivity contribution < 1.29 is 17.9 Å². The Balaban J connectivity index is 1.74. The molecule has 2 fully saturated rings. The number of nitrogens with two attached hydrogens (primary N) is 1. The number of nitrogens with one attached hydrogen (secondary N) is 1. The number of carbonyl (C=O) groups excluding carboxylic acids is 1. The molecule has 1 aliphatic carbocycles. The third kappa shape index (κ3) is 2.56. The molecular formula is C14H18N2O4S. The molecule has 1 saturated carbocycles. The number of carbonyl (C=O) groups is 1. The van der Waals surface area contributed by atoms with E-state index in [9.17, 15) is 13.2 Å². The van der Waals surface area contributed by atoms with Crippen molar-refractivity contribution in [2.24, 2.45) is 11.7 Å². The average Bonchev–Trinajstić information content (AvgIpc) is 2.88. The van der Waals surface area contributed by atoms with E-state index < -0.39 is 9.84 Å². The van der Waals surface area contributed by atoms with Gasteiger partial charge in [0.15, 0.2) is 9.84 Å². The molecule has 0 aromatic heterocycles. The Morgan fingerprint density at radius 1 is 1.43 bits per heavy atom. The number of hydrogen-bond acceptors (Lipinski definition) is 5. The molecule has 4 unspecified atom stereocenters. The summed E-state index contributed by atoms with van der Waals surface area (Å²) in [7, 11) is -3.33. The van der Waals surface area contributed by atoms with Crippen molar-refractivity contribution in [3.63, 3.8) is 0 Å². The first-order valence-electron chi connectivity index (χ1n) is 6.86. The van der Waals surface area contributed by atoms with Gasteiger partial charge in [-0.1, -0.05) is 6.07 Å². The van der Waals surface area contributed by atoms with Gasteiger partial charge >= 0.3 is 0 Å². The second-order valence-electron chi connectivity index (χ2n) is 5.66. The molecule has 114 valence electrons. The summed E-state index contributed by atoms with van der Waals surface area (Å²) in [5.74, 6) is -0.00689. The molecule has 0 bridgehead atoms. The van der Waals surface area contributed by atoms with E-state index in [1.165, 1.54) is 12.1 Å². The van der Waals surface area contributed by atoms with Crippen LogP contribution in [0.25, 0.3) is 0 Å². The van der Waals surface area contributed by atoms with Crippen molar-refractivity contribution in [3.05, 3.63) is 29.8 Å². The van der Waals surface area contributed by atoms with E-state index in [4.69, 9.17) is 10.5 Å². The van der Waals surface area contributed by atoms with E-state index in [2.05, 4.69) is 5.32 Å². The highest BCUT2D eigenvalue weighted by molar-refractivity contribution is 7.90. The van der Waals surface area contributed by atoms with E-state index >= 15 is 0 Å². The smallest absolute Gasteiger partial charge is 0.251 e. The molecule has 7 heteroatoms. The number of rotatable bonds is 3. The Hall–Kier alpha value is -1.44. The summed E-state index contributed by atoms with van der Waals surface area (Å²) in [5, 5.41) is 2.85. The van der Waals surface area contributed by atoms with Crippen LogP contribution in [0.15, 0.2) is 29.2 Å². The first-order valence-corrected chi connectivity index (χ1v) is 8.75. The zero-order valence-electron chi connectivity index (χ0n) is 11.7. The minimum atomic E-state index is -3.33. The van der Waals surface area contributed by atoms with Crippen LogP contribution in [0.1, 0.15) is 16.8 Å². The lowest BCUT2D eigenvalue weighted by atomic mass is 9.72. The van der Waals surface area contributed by atoms with Crippen LogP contribution in [0.3, 0.4) is 0 Å². The van der Waals surface area contributed by atoms with Crippen molar-refractivity contribution in [2.75, 3.05) is 12.9 Å². The van der Waals surface area contributed by atoms with E-state index in [0.717, 1.165) is 12.7 Å². The van der Waals surface area contributed by atoms with Gasteiger partial charge in [-0.3, -0.25) is 4.79 Å². The zero-order valence-corrected chi connectivity index (χ0v) is 12.5. The summed E-state index contributed by atoms with van der Waals surface area (Å²) in [6, 6.07) is 5.69. The molecule has 4 atom stereocenters. The van der Waals surface area contributed by atoms with Gasteiger partial charge in [0.2, 0.25) is 0 Å². The van der Waals surface area contributed by atoms with Gasteiger partial charge in [0.25, 0.3) is 5.91 Å². The summed E-state index contributed by atoms with van der Waals surface area (Å²) in [4.78, 5) is 12.4. The minimum Gasteiger partial charge on any atom is -0.376 e. The number of fused-ring (bicyclic) bond motifs is 1. The number of benzene rings is 1. The first kappa shape index (κ1) is 14.5. The monoisotopic (exact) mass is 310 g/mol. The van der Waals surface area contributed by atoms with Crippen molar-refractivity contribution >= 4 is 15.7 Å². The topological polar surface area (TPSA) is 98.5 Å². The molecule has 1 amide bonds. The maximum atomic E-state index is 12.2. The fraction of sp³-hybridized carbons (Fsp3) is 0.500. The van der Waals surface area contributed by atoms with Gasteiger partial charge in [0.1, 0.15) is 0 Å². The standard InChI is InChI=1S/C14H18N2O4S/c1-21(18,19)9-4-2-3-8(7-9)14(17)16-12-11(15)10-5-6-20-13(10)12/h2-4,7,10-13H,5-6,15H2,1H3,(H,16,17). The molecule has 6 nitrogen and oxygen atoms in total. The van der Waals surface area contributed by atoms with E-state index in [0.29, 0.717) is 18.1 Å². The van der Waals surface area contributed by atoms with Crippen molar-refractivity contribution in [3.8, 4) is 0 Å². The molecule has 0 radical (unpaired) electrons. The van der Waals surface area contributed by atoms with Crippen LogP contribution in [0.4, 0.5) is 0 Å². The Morgan fingerprint density at radius 3 is 2.90 bits per heavy atom. The van der Waals surface area contributed by atoms with Crippen molar-refractivity contribution in [2.45, 2.75) is 29.5 Å². The van der Waals surface area contributed by atoms with Gasteiger partial charge in [-0.2, -0.15) is 0 Å². The van der Waals surface area contributed by atoms with Gasteiger partial charge in [0, 0.05) is 30.4 Å². The summed E-state index contributed by atoms with van der Waals surface area (Å²) < 4.78 is 28.6. The molecule has 1 heterocycles. The number of amides is 1. The lowest BCUT2D eigenvalue weighted by Crippen LogP contribution is -2.68. The fourth-order valence-corrected chi connectivity index (χ4v) is 3.70. The van der Waals surface area contributed by atoms with Gasteiger partial charge in [-0.05, 0) is 24.6 Å². The van der Waals surface area contributed by atoms with Crippen LogP contribution in [0.5, 0.6) is 0 Å². The number of hydrogen-bond donors (Lipinski definition) is 2. The number of ether oxygens (including phenoxy) is 1. The maximum absolute atomic E-state index is 12.2. The summed E-state index contributed by atoms with van der Waals surface area (Å²) in [6.45, 7) is 0.680. The minimum absolute atomic E-state index is 0.0120. The molecule has 1 saturated heterocycles. The number of sulfone groups is 1. The second kappa shape index (κ2) is 5.08. The zero-order chi connectivity index (χ0) is 15.2. The maximum Gasteiger partial charge on any atom is 0.251 e. The normalized spacial score (nSPS) is 31.3. The highest BCUT2D eigenvalue weighted by Gasteiger charge is 2.52. The van der Waals surface area contributed by atoms with Crippen LogP contribution in [0.2, 0.25) is 0 Å². The van der Waals surface area contributed by atoms with E-state index in [-0.39, 0.29) is 29.0 Å². The summed E-state index contributed by atoms with van der Waals surface area (Å²) in [6.07, 6.45) is 2.03. The highest BCUT2D eigenvalue weighted by atomic mass is 32.2. The van der Waals surface area contributed by atoms with E-state index in [1.807, 2.05) is 0 Å². The molecule has 21 heavy (non-hydrogen) atoms. The summed E-state index contributed by atoms with van der Waals surface area (Å²) >= 11 is 0. The first-order chi connectivity index (χ1) is 9.88. The Labute approximate surface area is 123 Å². The van der Waals surface area contributed by atoms with Gasteiger partial charge in [0.05, 0.1) is 17.0 Å². The van der Waals surface area contributed by atoms with Crippen molar-refractivity contribution in [1.29, 1.82) is 0 Å². The quantitative estimate of drug-likeness (QED) is 0.814. The Kier molecular flexibility index (Phi) is 3.51. The Morgan fingerprint density at radius 2 is 2.19 bits per heavy atom. The second-order valence-corrected chi connectivity index (χ2v) is 7.68. The summed E-state index contributed by atoms with van der Waals surface area (Å²) in [5.41, 5.74) is 6.35. The fourth-order valence-electron chi connectivity index (χ4n) is 3.03. The Bertz CT molecular complexity index is 673. The van der Waals surface area contributed by atoms with Gasteiger partial charge in [-0.25, -0.2) is 8.42 Å². The predicted molar refractivity (Wildman–Crippen MR) is 76.6 cm³/mol. The lowest BCUT2D eigenvalue weighted by Gasteiger charge is -2.45. The average molecular weight is 310 g/mol. The largest absolute Gasteiger partial charge is 0.376 e. The molecule has 3 N–H and O–H groups in total. The molecule has 1 aromatic rings. The molecule has 2 aliphatic rings. The molecule has 1 aromatic carbocycles. The van der Waals surface area contributed by atoms with Crippen LogP contribution in [0, 0.1) is 5.92 Å². The van der Waals surface area contributed by atoms with Crippen LogP contribution >= 0.6 is 0 Å². The molecular weight excluding hydrogens is 292 g/mol. The van der Waals surface area contributed by atoms with Crippen LogP contribution < -0.4 is 11.1 Å². The molecule has 3 rings (SSSR count). The lowest BCUT2D eigenvalue weighted by molar-refractivity contribution is -0.0161. The molecule has 1 aliphatic heterocycles. The van der Waals surface area contributed by atoms with Gasteiger partial charge < -0.3 is 15.8 Å². The predicted octanol–water partition coefficient (Wildman–Crippen LogP) is -0.0655.